The van der Waals surface area contributed by atoms with Gasteiger partial charge >= 0.3 is 18.2 Å². The second-order valence-electron chi connectivity index (χ2n) is 4.75. The Balaban J connectivity index is 2.52. The summed E-state index contributed by atoms with van der Waals surface area (Å²) in [6, 6.07) is -1.38. The molecule has 0 bridgehead atoms. The zero-order valence-electron chi connectivity index (χ0n) is 10.7. The van der Waals surface area contributed by atoms with Gasteiger partial charge in [0.1, 0.15) is 6.54 Å². The molecule has 2 atom stereocenters. The number of urea groups is 1. The minimum atomic E-state index is -4.55. The van der Waals surface area contributed by atoms with E-state index in [1.54, 1.807) is 0 Å². The summed E-state index contributed by atoms with van der Waals surface area (Å²) in [5, 5.41) is 19.9. The van der Waals surface area contributed by atoms with Gasteiger partial charge in [0.15, 0.2) is 0 Å². The molecule has 0 radical (unpaired) electrons. The number of carboxylic acid groups (broad SMARTS) is 1. The molecule has 1 aliphatic carbocycles. The summed E-state index contributed by atoms with van der Waals surface area (Å²) < 4.78 is 36.9. The lowest BCUT2D eigenvalue weighted by molar-refractivity contribution is -0.141. The summed E-state index contributed by atoms with van der Waals surface area (Å²) in [5.41, 5.74) is 0. The number of carbonyl (C=O) groups excluding carboxylic acids is 1. The van der Waals surface area contributed by atoms with Gasteiger partial charge in [-0.1, -0.05) is 0 Å². The van der Waals surface area contributed by atoms with Crippen molar-refractivity contribution in [3.63, 3.8) is 0 Å². The topological polar surface area (TPSA) is 89.9 Å². The summed E-state index contributed by atoms with van der Waals surface area (Å²) in [6.45, 7) is -2.46. The molecule has 0 aromatic rings. The average Bonchev–Trinajstić information content (AvgIpc) is 2.75. The fraction of sp³-hybridized carbons (Fsp3) is 0.818. The summed E-state index contributed by atoms with van der Waals surface area (Å²) >= 11 is 0. The Morgan fingerprint density at radius 3 is 2.40 bits per heavy atom. The van der Waals surface area contributed by atoms with Gasteiger partial charge in [0.2, 0.25) is 0 Å². The van der Waals surface area contributed by atoms with Crippen molar-refractivity contribution in [3.05, 3.63) is 0 Å². The maximum absolute atomic E-state index is 12.3. The highest BCUT2D eigenvalue weighted by Gasteiger charge is 2.35. The van der Waals surface area contributed by atoms with Gasteiger partial charge in [0.25, 0.3) is 0 Å². The van der Waals surface area contributed by atoms with Gasteiger partial charge in [-0.05, 0) is 19.3 Å². The van der Waals surface area contributed by atoms with Crippen LogP contribution in [0.2, 0.25) is 0 Å². The zero-order valence-corrected chi connectivity index (χ0v) is 10.7. The van der Waals surface area contributed by atoms with Crippen LogP contribution in [0.4, 0.5) is 18.0 Å². The number of carboxylic acids is 1. The number of rotatable bonds is 5. The van der Waals surface area contributed by atoms with Crippen LogP contribution in [-0.4, -0.2) is 59.0 Å². The molecule has 1 aliphatic rings. The van der Waals surface area contributed by atoms with Crippen LogP contribution in [-0.2, 0) is 4.79 Å². The van der Waals surface area contributed by atoms with Crippen LogP contribution in [0.25, 0.3) is 0 Å². The monoisotopic (exact) mass is 298 g/mol. The molecular formula is C11H17F3N2O4. The highest BCUT2D eigenvalue weighted by Crippen LogP contribution is 2.26. The third kappa shape index (κ3) is 5.24. The molecule has 6 nitrogen and oxygen atoms in total. The quantitative estimate of drug-likeness (QED) is 0.700. The molecule has 0 spiro atoms. The van der Waals surface area contributed by atoms with E-state index in [2.05, 4.69) is 5.32 Å². The Hall–Kier alpha value is -1.51. The molecule has 116 valence electrons. The molecule has 0 saturated heterocycles. The summed E-state index contributed by atoms with van der Waals surface area (Å²) in [7, 11) is 0. The molecule has 3 N–H and O–H groups in total. The van der Waals surface area contributed by atoms with Gasteiger partial charge in [-0.15, -0.1) is 0 Å². The lowest BCUT2D eigenvalue weighted by Gasteiger charge is -2.25. The highest BCUT2D eigenvalue weighted by molar-refractivity contribution is 5.75. The van der Waals surface area contributed by atoms with Crippen LogP contribution in [0.1, 0.15) is 19.3 Å². The van der Waals surface area contributed by atoms with Crippen LogP contribution in [0, 0.1) is 5.92 Å². The Labute approximate surface area is 113 Å². The molecule has 2 amide bonds. The number of carbonyl (C=O) groups is 2. The molecule has 9 heteroatoms. The van der Waals surface area contributed by atoms with Gasteiger partial charge in [-0.2, -0.15) is 13.2 Å². The molecule has 20 heavy (non-hydrogen) atoms. The fourth-order valence-corrected chi connectivity index (χ4v) is 2.19. The lowest BCUT2D eigenvalue weighted by atomic mass is 10.1. The maximum Gasteiger partial charge on any atom is 0.406 e. The third-order valence-electron chi connectivity index (χ3n) is 3.14. The molecule has 1 fully saturated rings. The number of amides is 2. The standard InChI is InChI=1S/C11H17F3N2O4/c12-11(13,14)6-16(3-4-17)10(20)15-8-2-1-7(5-8)9(18)19/h7-8,17H,1-6H2,(H,15,20)(H,18,19). The van der Waals surface area contributed by atoms with E-state index in [4.69, 9.17) is 10.2 Å². The van der Waals surface area contributed by atoms with Crippen LogP contribution >= 0.6 is 0 Å². The molecule has 0 aromatic carbocycles. The smallest absolute Gasteiger partial charge is 0.406 e. The van der Waals surface area contributed by atoms with Gasteiger partial charge in [-0.3, -0.25) is 4.79 Å². The zero-order chi connectivity index (χ0) is 15.3. The normalized spacial score (nSPS) is 22.6. The van der Waals surface area contributed by atoms with Crippen molar-refractivity contribution in [2.45, 2.75) is 31.5 Å². The first-order valence-electron chi connectivity index (χ1n) is 6.18. The third-order valence-corrected chi connectivity index (χ3v) is 3.14. The van der Waals surface area contributed by atoms with Crippen molar-refractivity contribution in [2.75, 3.05) is 19.7 Å². The van der Waals surface area contributed by atoms with Gasteiger partial charge in [0, 0.05) is 12.6 Å². The highest BCUT2D eigenvalue weighted by atomic mass is 19.4. The minimum Gasteiger partial charge on any atom is -0.481 e. The number of nitrogens with one attached hydrogen (secondary N) is 1. The van der Waals surface area contributed by atoms with Crippen molar-refractivity contribution in [2.24, 2.45) is 5.92 Å². The predicted molar refractivity (Wildman–Crippen MR) is 62.0 cm³/mol. The number of hydrogen-bond acceptors (Lipinski definition) is 3. The van der Waals surface area contributed by atoms with Crippen molar-refractivity contribution < 1.29 is 33.0 Å². The SMILES string of the molecule is O=C(O)C1CCC(NC(=O)N(CCO)CC(F)(F)F)C1. The van der Waals surface area contributed by atoms with Crippen molar-refractivity contribution in [3.8, 4) is 0 Å². The van der Waals surface area contributed by atoms with Gasteiger partial charge < -0.3 is 20.4 Å². The first kappa shape index (κ1) is 16.5. The van der Waals surface area contributed by atoms with Gasteiger partial charge in [0.05, 0.1) is 12.5 Å². The van der Waals surface area contributed by atoms with E-state index in [-0.39, 0.29) is 6.42 Å². The Morgan fingerprint density at radius 2 is 1.95 bits per heavy atom. The molecule has 0 heterocycles. The number of aliphatic hydroxyl groups is 1. The summed E-state index contributed by atoms with van der Waals surface area (Å²) in [4.78, 5) is 22.9. The fourth-order valence-electron chi connectivity index (χ4n) is 2.19. The van der Waals surface area contributed by atoms with Crippen LogP contribution in [0.15, 0.2) is 0 Å². The number of hydrogen-bond donors (Lipinski definition) is 3. The molecular weight excluding hydrogens is 281 g/mol. The molecule has 1 rings (SSSR count). The van der Waals surface area contributed by atoms with Crippen molar-refractivity contribution in [1.29, 1.82) is 0 Å². The summed E-state index contributed by atoms with van der Waals surface area (Å²) in [5.74, 6) is -1.54. The Bertz CT molecular complexity index is 362. The Kier molecular flexibility index (Phi) is 5.61. The van der Waals surface area contributed by atoms with E-state index in [0.29, 0.717) is 17.7 Å². The second kappa shape index (κ2) is 6.78. The first-order valence-corrected chi connectivity index (χ1v) is 6.18. The molecule has 1 saturated carbocycles. The summed E-state index contributed by atoms with van der Waals surface area (Å²) in [6.07, 6.45) is -3.53. The van der Waals surface area contributed by atoms with Gasteiger partial charge in [-0.25, -0.2) is 4.79 Å². The number of halogens is 3. The van der Waals surface area contributed by atoms with Crippen LogP contribution in [0.5, 0.6) is 0 Å². The number of alkyl halides is 3. The van der Waals surface area contributed by atoms with Crippen LogP contribution < -0.4 is 5.32 Å². The van der Waals surface area contributed by atoms with E-state index < -0.39 is 49.8 Å². The van der Waals surface area contributed by atoms with E-state index in [1.807, 2.05) is 0 Å². The largest absolute Gasteiger partial charge is 0.481 e. The second-order valence-corrected chi connectivity index (χ2v) is 4.75. The molecule has 2 unspecified atom stereocenters. The van der Waals surface area contributed by atoms with Crippen LogP contribution in [0.3, 0.4) is 0 Å². The minimum absolute atomic E-state index is 0.208. The van der Waals surface area contributed by atoms with E-state index in [1.165, 1.54) is 0 Å². The predicted octanol–water partition coefficient (Wildman–Crippen LogP) is 0.806. The number of nitrogens with zero attached hydrogens (tertiary/aromatic N) is 1. The molecule has 0 aromatic heterocycles. The van der Waals surface area contributed by atoms with E-state index in [9.17, 15) is 22.8 Å². The van der Waals surface area contributed by atoms with Crippen molar-refractivity contribution in [1.82, 2.24) is 10.2 Å². The average molecular weight is 298 g/mol. The molecule has 0 aliphatic heterocycles. The Morgan fingerprint density at radius 1 is 1.30 bits per heavy atom. The number of aliphatic hydroxyl groups excluding tert-OH is 1. The maximum atomic E-state index is 12.3. The van der Waals surface area contributed by atoms with Crippen molar-refractivity contribution >= 4 is 12.0 Å². The first-order chi connectivity index (χ1) is 9.23. The lowest BCUT2D eigenvalue weighted by Crippen LogP contribution is -2.48. The van der Waals surface area contributed by atoms with E-state index in [0.717, 1.165) is 0 Å². The van der Waals surface area contributed by atoms with E-state index >= 15 is 0 Å². The number of aliphatic carboxylic acids is 1.